The Morgan fingerprint density at radius 3 is 2.73 bits per heavy atom. The summed E-state index contributed by atoms with van der Waals surface area (Å²) in [5, 5.41) is 0. The number of carbonyl (C=O) groups is 1. The van der Waals surface area contributed by atoms with Crippen LogP contribution in [0.1, 0.15) is 26.2 Å². The van der Waals surface area contributed by atoms with E-state index in [1.54, 1.807) is 4.90 Å². The second-order valence-electron chi connectivity index (χ2n) is 3.19. The van der Waals surface area contributed by atoms with Gasteiger partial charge in [0, 0.05) is 13.6 Å². The molecule has 0 aromatic rings. The zero-order valence-corrected chi connectivity index (χ0v) is 7.82. The first kappa shape index (κ1) is 8.85. The fraction of sp³-hybridized carbons (Fsp3) is 0.875. The number of halogens is 1. The highest BCUT2D eigenvalue weighted by Gasteiger charge is 2.42. The number of hydrogen-bond acceptors (Lipinski definition) is 1. The van der Waals surface area contributed by atoms with Crippen molar-refractivity contribution in [2.24, 2.45) is 0 Å². The van der Waals surface area contributed by atoms with Crippen LogP contribution in [0.3, 0.4) is 0 Å². The van der Waals surface area contributed by atoms with Crippen molar-refractivity contribution in [2.45, 2.75) is 31.1 Å². The molecule has 0 aliphatic carbocycles. The van der Waals surface area contributed by atoms with E-state index in [1.165, 1.54) is 0 Å². The number of carbonyl (C=O) groups excluding carboxylic acids is 1. The van der Waals surface area contributed by atoms with Crippen LogP contribution in [0.4, 0.5) is 0 Å². The third-order valence-corrected chi connectivity index (χ3v) is 2.76. The van der Waals surface area contributed by atoms with Gasteiger partial charge < -0.3 is 4.90 Å². The van der Waals surface area contributed by atoms with E-state index in [0.717, 1.165) is 25.8 Å². The van der Waals surface area contributed by atoms with Crippen molar-refractivity contribution >= 4 is 17.5 Å². The van der Waals surface area contributed by atoms with Gasteiger partial charge in [-0.2, -0.15) is 0 Å². The molecule has 64 valence electrons. The van der Waals surface area contributed by atoms with Gasteiger partial charge in [0.2, 0.25) is 5.91 Å². The maximum Gasteiger partial charge on any atom is 0.243 e. The summed E-state index contributed by atoms with van der Waals surface area (Å²) in [6.07, 6.45) is 2.58. The van der Waals surface area contributed by atoms with Gasteiger partial charge in [-0.3, -0.25) is 4.79 Å². The van der Waals surface area contributed by atoms with Crippen LogP contribution in [0, 0.1) is 0 Å². The normalized spacial score (nSPS) is 31.5. The SMILES string of the molecule is CCCC1(Cl)CCN(C)C1=O. The van der Waals surface area contributed by atoms with Gasteiger partial charge in [-0.25, -0.2) is 0 Å². The average molecular weight is 176 g/mol. The molecular weight excluding hydrogens is 162 g/mol. The molecule has 1 atom stereocenters. The molecule has 1 amide bonds. The van der Waals surface area contributed by atoms with E-state index in [2.05, 4.69) is 6.92 Å². The topological polar surface area (TPSA) is 20.3 Å². The van der Waals surface area contributed by atoms with E-state index >= 15 is 0 Å². The Morgan fingerprint density at radius 2 is 2.36 bits per heavy atom. The number of amides is 1. The van der Waals surface area contributed by atoms with E-state index in [9.17, 15) is 4.79 Å². The van der Waals surface area contributed by atoms with Crippen molar-refractivity contribution in [1.29, 1.82) is 0 Å². The third kappa shape index (κ3) is 1.51. The summed E-state index contributed by atoms with van der Waals surface area (Å²) in [4.78, 5) is 12.6. The third-order valence-electron chi connectivity index (χ3n) is 2.22. The summed E-state index contributed by atoms with van der Waals surface area (Å²) in [7, 11) is 1.81. The molecule has 1 fully saturated rings. The molecule has 0 saturated carbocycles. The maximum atomic E-state index is 11.4. The van der Waals surface area contributed by atoms with Gasteiger partial charge in [0.1, 0.15) is 4.87 Å². The zero-order valence-electron chi connectivity index (χ0n) is 7.06. The molecule has 1 saturated heterocycles. The molecular formula is C8H14ClNO. The Hall–Kier alpha value is -0.240. The van der Waals surface area contributed by atoms with Gasteiger partial charge in [-0.05, 0) is 12.8 Å². The highest BCUT2D eigenvalue weighted by molar-refractivity contribution is 6.35. The second kappa shape index (κ2) is 3.02. The molecule has 11 heavy (non-hydrogen) atoms. The lowest BCUT2D eigenvalue weighted by atomic mass is 10.0. The molecule has 1 rings (SSSR count). The standard InChI is InChI=1S/C8H14ClNO/c1-3-4-8(9)5-6-10(2)7(8)11/h3-6H2,1-2H3. The summed E-state index contributed by atoms with van der Waals surface area (Å²) in [6.45, 7) is 2.86. The van der Waals surface area contributed by atoms with Crippen molar-refractivity contribution in [1.82, 2.24) is 4.90 Å². The van der Waals surface area contributed by atoms with Crippen LogP contribution < -0.4 is 0 Å². The summed E-state index contributed by atoms with van der Waals surface area (Å²) in [5.74, 6) is 0.0982. The number of alkyl halides is 1. The first-order valence-corrected chi connectivity index (χ1v) is 4.42. The Morgan fingerprint density at radius 1 is 1.73 bits per heavy atom. The van der Waals surface area contributed by atoms with Gasteiger partial charge in [-0.1, -0.05) is 13.3 Å². The maximum absolute atomic E-state index is 11.4. The van der Waals surface area contributed by atoms with Gasteiger partial charge in [0.25, 0.3) is 0 Å². The molecule has 0 N–H and O–H groups in total. The minimum Gasteiger partial charge on any atom is -0.344 e. The number of rotatable bonds is 2. The van der Waals surface area contributed by atoms with Gasteiger partial charge in [0.05, 0.1) is 0 Å². The molecule has 1 heterocycles. The Labute approximate surface area is 72.5 Å². The van der Waals surface area contributed by atoms with Crippen molar-refractivity contribution in [2.75, 3.05) is 13.6 Å². The Bertz CT molecular complexity index is 167. The summed E-state index contributed by atoms with van der Waals surface area (Å²) in [6, 6.07) is 0. The molecule has 0 aromatic heterocycles. The largest absolute Gasteiger partial charge is 0.344 e. The van der Waals surface area contributed by atoms with Gasteiger partial charge >= 0.3 is 0 Å². The predicted molar refractivity (Wildman–Crippen MR) is 45.7 cm³/mol. The van der Waals surface area contributed by atoms with Crippen molar-refractivity contribution in [3.05, 3.63) is 0 Å². The fourth-order valence-electron chi connectivity index (χ4n) is 1.52. The smallest absolute Gasteiger partial charge is 0.243 e. The molecule has 0 aromatic carbocycles. The van der Waals surface area contributed by atoms with Crippen molar-refractivity contribution in [3.63, 3.8) is 0 Å². The Balaban J connectivity index is 2.65. The molecule has 1 unspecified atom stereocenters. The van der Waals surface area contributed by atoms with Gasteiger partial charge in [-0.15, -0.1) is 11.6 Å². The van der Waals surface area contributed by atoms with E-state index in [1.807, 2.05) is 7.05 Å². The molecule has 1 aliphatic rings. The second-order valence-corrected chi connectivity index (χ2v) is 3.92. The summed E-state index contributed by atoms with van der Waals surface area (Å²) >= 11 is 6.12. The molecule has 2 nitrogen and oxygen atoms in total. The van der Waals surface area contributed by atoms with Crippen LogP contribution in [-0.4, -0.2) is 29.3 Å². The summed E-state index contributed by atoms with van der Waals surface area (Å²) in [5.41, 5.74) is 0. The lowest BCUT2D eigenvalue weighted by Crippen LogP contribution is -2.33. The summed E-state index contributed by atoms with van der Waals surface area (Å²) < 4.78 is 0. The highest BCUT2D eigenvalue weighted by atomic mass is 35.5. The zero-order chi connectivity index (χ0) is 8.48. The van der Waals surface area contributed by atoms with Crippen molar-refractivity contribution < 1.29 is 4.79 Å². The van der Waals surface area contributed by atoms with Crippen LogP contribution in [0.5, 0.6) is 0 Å². The van der Waals surface area contributed by atoms with E-state index in [4.69, 9.17) is 11.6 Å². The van der Waals surface area contributed by atoms with Crippen LogP contribution >= 0.6 is 11.6 Å². The number of likely N-dealkylation sites (tertiary alicyclic amines) is 1. The molecule has 0 bridgehead atoms. The number of nitrogens with zero attached hydrogens (tertiary/aromatic N) is 1. The molecule has 0 spiro atoms. The van der Waals surface area contributed by atoms with E-state index < -0.39 is 4.87 Å². The van der Waals surface area contributed by atoms with Crippen LogP contribution in [0.15, 0.2) is 0 Å². The fourth-order valence-corrected chi connectivity index (χ4v) is 1.94. The lowest BCUT2D eigenvalue weighted by Gasteiger charge is -2.17. The highest BCUT2D eigenvalue weighted by Crippen LogP contribution is 2.33. The van der Waals surface area contributed by atoms with E-state index in [-0.39, 0.29) is 5.91 Å². The predicted octanol–water partition coefficient (Wildman–Crippen LogP) is 1.63. The van der Waals surface area contributed by atoms with Crippen LogP contribution in [0.25, 0.3) is 0 Å². The van der Waals surface area contributed by atoms with Crippen LogP contribution in [0.2, 0.25) is 0 Å². The minimum absolute atomic E-state index is 0.0982. The van der Waals surface area contributed by atoms with Crippen LogP contribution in [-0.2, 0) is 4.79 Å². The van der Waals surface area contributed by atoms with E-state index in [0.29, 0.717) is 0 Å². The molecule has 3 heteroatoms. The van der Waals surface area contributed by atoms with Gasteiger partial charge in [0.15, 0.2) is 0 Å². The first-order valence-electron chi connectivity index (χ1n) is 4.04. The average Bonchev–Trinajstić information content (AvgIpc) is 2.19. The molecule has 0 radical (unpaired) electrons. The monoisotopic (exact) mass is 175 g/mol. The quantitative estimate of drug-likeness (QED) is 0.585. The Kier molecular flexibility index (Phi) is 2.43. The first-order chi connectivity index (χ1) is 5.10. The molecule has 1 aliphatic heterocycles. The number of hydrogen-bond donors (Lipinski definition) is 0. The lowest BCUT2D eigenvalue weighted by molar-refractivity contribution is -0.128. The minimum atomic E-state index is -0.566. The van der Waals surface area contributed by atoms with Crippen molar-refractivity contribution in [3.8, 4) is 0 Å².